The Morgan fingerprint density at radius 1 is 1.33 bits per heavy atom. The molecule has 0 radical (unpaired) electrons. The van der Waals surface area contributed by atoms with Crippen molar-refractivity contribution in [3.8, 4) is 5.75 Å². The molecule has 0 bridgehead atoms. The molecule has 1 unspecified atom stereocenters. The Morgan fingerprint density at radius 3 is 2.67 bits per heavy atom. The number of likely N-dealkylation sites (tertiary alicyclic amines) is 1. The minimum atomic E-state index is -0.884. The standard InChI is InChI=1S/C21H29N3O3/c1-4-15(2)14-24-10-8-17(9-11-24)21(19(25)22-20(26)23-21)13-16-6-5-7-18(12-16)27-3/h4-7,12,17H,8-11,13-14H2,1-3H3,(H2,22,23,25,26)/b15-4+. The van der Waals surface area contributed by atoms with E-state index in [-0.39, 0.29) is 11.8 Å². The van der Waals surface area contributed by atoms with Gasteiger partial charge in [-0.3, -0.25) is 15.0 Å². The predicted octanol–water partition coefficient (Wildman–Crippen LogP) is 2.49. The number of allylic oxidation sites excluding steroid dienone is 1. The quantitative estimate of drug-likeness (QED) is 0.595. The van der Waals surface area contributed by atoms with E-state index in [0.717, 1.165) is 43.8 Å². The van der Waals surface area contributed by atoms with Gasteiger partial charge in [0.25, 0.3) is 5.91 Å². The van der Waals surface area contributed by atoms with Crippen LogP contribution < -0.4 is 15.4 Å². The fourth-order valence-corrected chi connectivity index (χ4v) is 4.19. The molecule has 2 aliphatic heterocycles. The van der Waals surface area contributed by atoms with E-state index in [1.807, 2.05) is 24.3 Å². The molecule has 27 heavy (non-hydrogen) atoms. The van der Waals surface area contributed by atoms with E-state index in [9.17, 15) is 9.59 Å². The van der Waals surface area contributed by atoms with Crippen molar-refractivity contribution in [2.24, 2.45) is 5.92 Å². The average Bonchev–Trinajstić information content (AvgIpc) is 2.96. The number of carbonyl (C=O) groups is 2. The molecule has 1 atom stereocenters. The highest BCUT2D eigenvalue weighted by Crippen LogP contribution is 2.34. The first-order chi connectivity index (χ1) is 13.0. The molecule has 0 saturated carbocycles. The Morgan fingerprint density at radius 2 is 2.07 bits per heavy atom. The number of nitrogens with zero attached hydrogens (tertiary/aromatic N) is 1. The number of rotatable bonds is 6. The molecule has 0 spiro atoms. The average molecular weight is 371 g/mol. The zero-order valence-corrected chi connectivity index (χ0v) is 16.4. The van der Waals surface area contributed by atoms with Crippen molar-refractivity contribution in [2.75, 3.05) is 26.7 Å². The SMILES string of the molecule is C/C=C(\C)CN1CCC(C2(Cc3cccc(OC)c3)NC(=O)NC2=O)CC1. The molecule has 146 valence electrons. The third-order valence-electron chi connectivity index (χ3n) is 5.84. The highest BCUT2D eigenvalue weighted by Gasteiger charge is 2.52. The van der Waals surface area contributed by atoms with Crippen molar-refractivity contribution in [1.29, 1.82) is 0 Å². The third-order valence-corrected chi connectivity index (χ3v) is 5.84. The van der Waals surface area contributed by atoms with E-state index in [1.54, 1.807) is 7.11 Å². The Labute approximate surface area is 161 Å². The van der Waals surface area contributed by atoms with Gasteiger partial charge in [-0.1, -0.05) is 23.8 Å². The van der Waals surface area contributed by atoms with E-state index in [0.29, 0.717) is 6.42 Å². The highest BCUT2D eigenvalue weighted by molar-refractivity contribution is 6.07. The van der Waals surface area contributed by atoms with Crippen LogP contribution in [0, 0.1) is 5.92 Å². The Bertz CT molecular complexity index is 738. The number of amides is 3. The first-order valence-electron chi connectivity index (χ1n) is 9.57. The summed E-state index contributed by atoms with van der Waals surface area (Å²) in [6.07, 6.45) is 4.38. The van der Waals surface area contributed by atoms with Gasteiger partial charge in [0.15, 0.2) is 0 Å². The molecule has 2 aliphatic rings. The van der Waals surface area contributed by atoms with Crippen molar-refractivity contribution in [1.82, 2.24) is 15.5 Å². The second-order valence-electron chi connectivity index (χ2n) is 7.59. The zero-order chi connectivity index (χ0) is 19.4. The summed E-state index contributed by atoms with van der Waals surface area (Å²) in [5.41, 5.74) is 1.45. The number of methoxy groups -OCH3 is 1. The van der Waals surface area contributed by atoms with Gasteiger partial charge < -0.3 is 10.1 Å². The lowest BCUT2D eigenvalue weighted by Crippen LogP contribution is -2.57. The minimum Gasteiger partial charge on any atom is -0.497 e. The molecule has 0 aliphatic carbocycles. The molecule has 2 fully saturated rings. The third kappa shape index (κ3) is 4.16. The number of nitrogens with one attached hydrogen (secondary N) is 2. The van der Waals surface area contributed by atoms with Gasteiger partial charge >= 0.3 is 6.03 Å². The van der Waals surface area contributed by atoms with Crippen molar-refractivity contribution in [3.63, 3.8) is 0 Å². The van der Waals surface area contributed by atoms with E-state index >= 15 is 0 Å². The number of carbonyl (C=O) groups excluding carboxylic acids is 2. The van der Waals surface area contributed by atoms with Crippen LogP contribution in [-0.2, 0) is 11.2 Å². The van der Waals surface area contributed by atoms with Gasteiger partial charge in [-0.2, -0.15) is 0 Å². The monoisotopic (exact) mass is 371 g/mol. The molecule has 3 rings (SSSR count). The minimum absolute atomic E-state index is 0.109. The lowest BCUT2D eigenvalue weighted by Gasteiger charge is -2.41. The number of hydrogen-bond acceptors (Lipinski definition) is 4. The van der Waals surface area contributed by atoms with Crippen LogP contribution in [0.4, 0.5) is 4.79 Å². The summed E-state index contributed by atoms with van der Waals surface area (Å²) in [5.74, 6) is 0.653. The molecule has 6 nitrogen and oxygen atoms in total. The molecular weight excluding hydrogens is 342 g/mol. The largest absolute Gasteiger partial charge is 0.497 e. The summed E-state index contributed by atoms with van der Waals surface area (Å²) in [7, 11) is 1.63. The molecule has 2 N–H and O–H groups in total. The Balaban J connectivity index is 1.78. The van der Waals surface area contributed by atoms with Gasteiger partial charge in [0.1, 0.15) is 11.3 Å². The number of urea groups is 1. The Kier molecular flexibility index (Phi) is 5.85. The maximum Gasteiger partial charge on any atom is 0.322 e. The smallest absolute Gasteiger partial charge is 0.322 e. The van der Waals surface area contributed by atoms with Crippen molar-refractivity contribution in [3.05, 3.63) is 41.5 Å². The number of imide groups is 1. The molecular formula is C21H29N3O3. The summed E-state index contributed by atoms with van der Waals surface area (Å²) >= 11 is 0. The number of piperidine rings is 1. The molecule has 1 aromatic carbocycles. The van der Waals surface area contributed by atoms with Crippen LogP contribution >= 0.6 is 0 Å². The Hall–Kier alpha value is -2.34. The van der Waals surface area contributed by atoms with Gasteiger partial charge in [0, 0.05) is 13.0 Å². The van der Waals surface area contributed by atoms with E-state index in [2.05, 4.69) is 35.5 Å². The molecule has 2 heterocycles. The lowest BCUT2D eigenvalue weighted by molar-refractivity contribution is -0.126. The molecule has 0 aromatic heterocycles. The van der Waals surface area contributed by atoms with Gasteiger partial charge in [0.2, 0.25) is 0 Å². The highest BCUT2D eigenvalue weighted by atomic mass is 16.5. The van der Waals surface area contributed by atoms with Gasteiger partial charge in [-0.15, -0.1) is 0 Å². The molecule has 2 saturated heterocycles. The summed E-state index contributed by atoms with van der Waals surface area (Å²) in [6.45, 7) is 7.02. The normalized spacial score (nSPS) is 24.6. The lowest BCUT2D eigenvalue weighted by atomic mass is 9.74. The van der Waals surface area contributed by atoms with Crippen molar-refractivity contribution in [2.45, 2.75) is 38.6 Å². The summed E-state index contributed by atoms with van der Waals surface area (Å²) in [5, 5.41) is 5.43. The molecule has 3 amide bonds. The predicted molar refractivity (Wildman–Crippen MR) is 105 cm³/mol. The second-order valence-corrected chi connectivity index (χ2v) is 7.59. The van der Waals surface area contributed by atoms with Crippen LogP contribution in [0.15, 0.2) is 35.9 Å². The first-order valence-corrected chi connectivity index (χ1v) is 9.57. The van der Waals surface area contributed by atoms with Crippen LogP contribution in [0.5, 0.6) is 5.75 Å². The number of benzene rings is 1. The number of ether oxygens (including phenoxy) is 1. The van der Waals surface area contributed by atoms with Crippen molar-refractivity contribution >= 4 is 11.9 Å². The summed E-state index contributed by atoms with van der Waals surface area (Å²) < 4.78 is 5.31. The van der Waals surface area contributed by atoms with Gasteiger partial charge in [-0.05, 0) is 63.4 Å². The van der Waals surface area contributed by atoms with Crippen LogP contribution in [0.1, 0.15) is 32.3 Å². The van der Waals surface area contributed by atoms with Crippen LogP contribution in [0.3, 0.4) is 0 Å². The molecule has 1 aromatic rings. The van der Waals surface area contributed by atoms with Gasteiger partial charge in [-0.25, -0.2) is 4.79 Å². The molecule has 6 heteroatoms. The van der Waals surface area contributed by atoms with E-state index in [1.165, 1.54) is 5.57 Å². The van der Waals surface area contributed by atoms with Gasteiger partial charge in [0.05, 0.1) is 7.11 Å². The zero-order valence-electron chi connectivity index (χ0n) is 16.4. The number of hydrogen-bond donors (Lipinski definition) is 2. The fourth-order valence-electron chi connectivity index (χ4n) is 4.19. The van der Waals surface area contributed by atoms with Crippen LogP contribution in [0.2, 0.25) is 0 Å². The maximum atomic E-state index is 12.8. The van der Waals surface area contributed by atoms with E-state index < -0.39 is 11.6 Å². The van der Waals surface area contributed by atoms with Crippen LogP contribution in [-0.4, -0.2) is 49.1 Å². The topological polar surface area (TPSA) is 70.7 Å². The summed E-state index contributed by atoms with van der Waals surface area (Å²) in [6, 6.07) is 7.32. The van der Waals surface area contributed by atoms with Crippen LogP contribution in [0.25, 0.3) is 0 Å². The van der Waals surface area contributed by atoms with Crippen molar-refractivity contribution < 1.29 is 14.3 Å². The summed E-state index contributed by atoms with van der Waals surface area (Å²) in [4.78, 5) is 27.2. The fraction of sp³-hybridized carbons (Fsp3) is 0.524. The maximum absolute atomic E-state index is 12.8. The first kappa shape index (κ1) is 19.4. The van der Waals surface area contributed by atoms with E-state index in [4.69, 9.17) is 4.74 Å². The second kappa shape index (κ2) is 8.13.